The molecule has 4 rings (SSSR count). The molecule has 3 aromatic rings. The average molecular weight is 803 g/mol. The summed E-state index contributed by atoms with van der Waals surface area (Å²) >= 11 is 0. The van der Waals surface area contributed by atoms with E-state index in [-0.39, 0.29) is 49.5 Å². The topological polar surface area (TPSA) is 202 Å². The van der Waals surface area contributed by atoms with Gasteiger partial charge in [0.2, 0.25) is 18.1 Å². The van der Waals surface area contributed by atoms with E-state index in [0.29, 0.717) is 37.2 Å². The van der Waals surface area contributed by atoms with Crippen LogP contribution < -0.4 is 25.8 Å². The normalized spacial score (nSPS) is 15.0. The second kappa shape index (κ2) is 22.1. The van der Waals surface area contributed by atoms with Crippen molar-refractivity contribution in [1.82, 2.24) is 15.5 Å². The van der Waals surface area contributed by atoms with Crippen LogP contribution in [0, 0.1) is 18.8 Å². The molecule has 312 valence electrons. The van der Waals surface area contributed by atoms with Gasteiger partial charge < -0.3 is 45.0 Å². The van der Waals surface area contributed by atoms with E-state index in [9.17, 15) is 28.8 Å². The second-order valence-electron chi connectivity index (χ2n) is 14.6. The van der Waals surface area contributed by atoms with Crippen LogP contribution in [0.4, 0.5) is 4.79 Å². The number of likely N-dealkylation sites (tertiary alicyclic amines) is 1. The minimum absolute atomic E-state index is 0.0194. The van der Waals surface area contributed by atoms with Crippen LogP contribution in [-0.2, 0) is 51.2 Å². The Labute approximate surface area is 338 Å². The molecule has 1 heterocycles. The molecule has 0 bridgehead atoms. The molecule has 1 fully saturated rings. The summed E-state index contributed by atoms with van der Waals surface area (Å²) in [4.78, 5) is 79.1. The maximum absolute atomic E-state index is 13.8. The molecule has 0 aromatic heterocycles. The van der Waals surface area contributed by atoms with Gasteiger partial charge in [-0.1, -0.05) is 74.5 Å². The lowest BCUT2D eigenvalue weighted by atomic mass is 9.97. The lowest BCUT2D eigenvalue weighted by molar-refractivity contribution is -0.193. The van der Waals surface area contributed by atoms with Crippen LogP contribution in [0.3, 0.4) is 0 Å². The van der Waals surface area contributed by atoms with E-state index >= 15 is 0 Å². The molecule has 0 aliphatic carbocycles. The van der Waals surface area contributed by atoms with Crippen molar-refractivity contribution in [3.05, 3.63) is 95.6 Å². The zero-order valence-electron chi connectivity index (χ0n) is 33.6. The number of primary amides is 1. The van der Waals surface area contributed by atoms with E-state index in [1.54, 1.807) is 36.4 Å². The summed E-state index contributed by atoms with van der Waals surface area (Å²) in [7, 11) is 0. The van der Waals surface area contributed by atoms with Crippen LogP contribution in [0.15, 0.2) is 78.9 Å². The van der Waals surface area contributed by atoms with Crippen molar-refractivity contribution < 1.29 is 52.5 Å². The number of hydrogen-bond acceptors (Lipinski definition) is 11. The first kappa shape index (κ1) is 44.8. The largest absolute Gasteiger partial charge is 0.484 e. The van der Waals surface area contributed by atoms with Crippen molar-refractivity contribution >= 4 is 35.8 Å². The van der Waals surface area contributed by atoms with Crippen LogP contribution in [0.2, 0.25) is 0 Å². The molecule has 1 unspecified atom stereocenters. The minimum atomic E-state index is -1.35. The zero-order chi connectivity index (χ0) is 42.2. The first-order valence-electron chi connectivity index (χ1n) is 19.4. The predicted molar refractivity (Wildman–Crippen MR) is 212 cm³/mol. The number of piperidine rings is 1. The number of amides is 4. The fraction of sp³-hybridized carbons (Fsp3) is 0.442. The van der Waals surface area contributed by atoms with Gasteiger partial charge in [-0.15, -0.1) is 0 Å². The highest BCUT2D eigenvalue weighted by Crippen LogP contribution is 2.21. The molecule has 15 nitrogen and oxygen atoms in total. The van der Waals surface area contributed by atoms with Crippen molar-refractivity contribution in [3.63, 3.8) is 0 Å². The van der Waals surface area contributed by atoms with E-state index < -0.39 is 54.3 Å². The Balaban J connectivity index is 1.43. The van der Waals surface area contributed by atoms with E-state index in [2.05, 4.69) is 10.6 Å². The van der Waals surface area contributed by atoms with Gasteiger partial charge >= 0.3 is 18.0 Å². The van der Waals surface area contributed by atoms with Crippen molar-refractivity contribution in [2.24, 2.45) is 17.6 Å². The number of benzene rings is 3. The maximum atomic E-state index is 13.8. The number of hydrogen-bond donors (Lipinski definition) is 3. The van der Waals surface area contributed by atoms with Gasteiger partial charge in [0.05, 0.1) is 6.61 Å². The van der Waals surface area contributed by atoms with Crippen LogP contribution in [0.1, 0.15) is 63.6 Å². The SMILES string of the molecule is Cc1ccccc1OCC(=O)N[C@@H](CC(C)C)C(=O)N[C@@H](Cc1ccc(OC(=O)N2CCC(C(N)=O)CC2)cc1)C(=O)OC(C)OC(=O)[C@@H](C)OCc1ccccc1. The van der Waals surface area contributed by atoms with E-state index in [4.69, 9.17) is 29.4 Å². The Kier molecular flexibility index (Phi) is 17.1. The number of nitrogens with one attached hydrogen (secondary N) is 2. The van der Waals surface area contributed by atoms with Gasteiger partial charge in [0.15, 0.2) is 12.7 Å². The summed E-state index contributed by atoms with van der Waals surface area (Å²) in [5.41, 5.74) is 7.67. The number of para-hydroxylation sites is 1. The van der Waals surface area contributed by atoms with E-state index in [1.165, 1.54) is 18.7 Å². The van der Waals surface area contributed by atoms with Crippen molar-refractivity contribution in [2.75, 3.05) is 19.7 Å². The number of nitrogens with two attached hydrogens (primary N) is 1. The van der Waals surface area contributed by atoms with Gasteiger partial charge in [0.1, 0.15) is 23.6 Å². The van der Waals surface area contributed by atoms with Crippen molar-refractivity contribution in [3.8, 4) is 11.5 Å². The quantitative estimate of drug-likeness (QED) is 0.115. The zero-order valence-corrected chi connectivity index (χ0v) is 33.6. The molecule has 58 heavy (non-hydrogen) atoms. The predicted octanol–water partition coefficient (Wildman–Crippen LogP) is 4.37. The molecular weight excluding hydrogens is 748 g/mol. The summed E-state index contributed by atoms with van der Waals surface area (Å²) in [5.74, 6) is -2.75. The molecule has 4 N–H and O–H groups in total. The standard InChI is InChI=1S/C43H54N4O11/c1-27(2)23-35(45-38(48)26-55-37-14-10-9-11-28(37)3)40(50)46-36(42(52)57-30(5)56-41(51)29(4)54-25-32-12-7-6-8-13-32)24-31-15-17-34(18-16-31)58-43(53)47-21-19-33(20-22-47)39(44)49/h6-18,27,29-30,33,35-36H,19-26H2,1-5H3,(H2,44,49)(H,45,48)(H,46,50)/t29-,30?,35+,36+/m1/s1. The number of aryl methyl sites for hydroxylation is 1. The molecule has 0 radical (unpaired) electrons. The van der Waals surface area contributed by atoms with Gasteiger partial charge in [0, 0.05) is 32.4 Å². The third-order valence-corrected chi connectivity index (χ3v) is 9.38. The molecule has 4 atom stereocenters. The average Bonchev–Trinajstić information content (AvgIpc) is 3.19. The summed E-state index contributed by atoms with van der Waals surface area (Å²) < 4.78 is 27.7. The Bertz CT molecular complexity index is 1850. The third kappa shape index (κ3) is 14.5. The summed E-state index contributed by atoms with van der Waals surface area (Å²) in [6.07, 6.45) is -1.81. The highest BCUT2D eigenvalue weighted by atomic mass is 16.7. The molecule has 3 aromatic carbocycles. The smallest absolute Gasteiger partial charge is 0.415 e. The lowest BCUT2D eigenvalue weighted by Gasteiger charge is -2.29. The molecular formula is C43H54N4O11. The number of rotatable bonds is 19. The maximum Gasteiger partial charge on any atom is 0.415 e. The number of esters is 2. The Morgan fingerprint density at radius 3 is 2.05 bits per heavy atom. The first-order chi connectivity index (χ1) is 27.7. The van der Waals surface area contributed by atoms with Crippen LogP contribution in [0.25, 0.3) is 0 Å². The van der Waals surface area contributed by atoms with Gasteiger partial charge in [-0.2, -0.15) is 0 Å². The number of carbonyl (C=O) groups excluding carboxylic acids is 6. The summed E-state index contributed by atoms with van der Waals surface area (Å²) in [6, 6.07) is 20.5. The Hall–Kier alpha value is -5.96. The first-order valence-corrected chi connectivity index (χ1v) is 19.4. The van der Waals surface area contributed by atoms with Crippen molar-refractivity contribution in [2.45, 2.75) is 91.4 Å². The van der Waals surface area contributed by atoms with E-state index in [1.807, 2.05) is 63.2 Å². The monoisotopic (exact) mass is 802 g/mol. The lowest BCUT2D eigenvalue weighted by Crippen LogP contribution is -2.54. The molecule has 1 aliphatic heterocycles. The Morgan fingerprint density at radius 1 is 0.776 bits per heavy atom. The molecule has 0 spiro atoms. The molecule has 1 aliphatic rings. The summed E-state index contributed by atoms with van der Waals surface area (Å²) in [5, 5.41) is 5.44. The highest BCUT2D eigenvalue weighted by Gasteiger charge is 2.31. The third-order valence-electron chi connectivity index (χ3n) is 9.38. The number of ether oxygens (including phenoxy) is 5. The molecule has 0 saturated carbocycles. The highest BCUT2D eigenvalue weighted by molar-refractivity contribution is 5.91. The molecule has 4 amide bonds. The fourth-order valence-electron chi connectivity index (χ4n) is 6.10. The Morgan fingerprint density at radius 2 is 1.41 bits per heavy atom. The minimum Gasteiger partial charge on any atom is -0.484 e. The molecule has 1 saturated heterocycles. The van der Waals surface area contributed by atoms with E-state index in [0.717, 1.165) is 11.1 Å². The van der Waals surface area contributed by atoms with Gasteiger partial charge in [-0.3, -0.25) is 14.4 Å². The number of carbonyl (C=O) groups is 6. The van der Waals surface area contributed by atoms with Gasteiger partial charge in [-0.05, 0) is 73.9 Å². The number of nitrogens with zero attached hydrogens (tertiary/aromatic N) is 1. The van der Waals surface area contributed by atoms with Crippen LogP contribution in [-0.4, -0.2) is 84.8 Å². The summed E-state index contributed by atoms with van der Waals surface area (Å²) in [6.45, 7) is 9.01. The molecule has 15 heteroatoms. The van der Waals surface area contributed by atoms with Crippen LogP contribution >= 0.6 is 0 Å². The fourth-order valence-corrected chi connectivity index (χ4v) is 6.10. The van der Waals surface area contributed by atoms with Crippen LogP contribution in [0.5, 0.6) is 11.5 Å². The van der Waals surface area contributed by atoms with Gasteiger partial charge in [-0.25, -0.2) is 14.4 Å². The second-order valence-corrected chi connectivity index (χ2v) is 14.6. The van der Waals surface area contributed by atoms with Gasteiger partial charge in [0.25, 0.3) is 5.91 Å². The van der Waals surface area contributed by atoms with Crippen molar-refractivity contribution in [1.29, 1.82) is 0 Å².